The van der Waals surface area contributed by atoms with Crippen molar-refractivity contribution in [2.75, 3.05) is 4.90 Å². The van der Waals surface area contributed by atoms with Gasteiger partial charge in [-0.05, 0) is 110 Å². The number of aryl methyl sites for hydroxylation is 1. The molecule has 0 N–H and O–H groups in total. The highest BCUT2D eigenvalue weighted by atomic mass is 15.1. The van der Waals surface area contributed by atoms with Gasteiger partial charge in [0.1, 0.15) is 0 Å². The number of benzene rings is 6. The van der Waals surface area contributed by atoms with Crippen LogP contribution in [0.15, 0.2) is 121 Å². The summed E-state index contributed by atoms with van der Waals surface area (Å²) in [6, 6.07) is 46.3. The highest BCUT2D eigenvalue weighted by molar-refractivity contribution is 5.90. The van der Waals surface area contributed by atoms with Gasteiger partial charge in [-0.15, -0.1) is 0 Å². The van der Waals surface area contributed by atoms with E-state index >= 15 is 0 Å². The minimum atomic E-state index is -0.0818. The van der Waals surface area contributed by atoms with Gasteiger partial charge in [0.2, 0.25) is 0 Å². The molecule has 0 saturated carbocycles. The van der Waals surface area contributed by atoms with Gasteiger partial charge in [0.15, 0.2) is 0 Å². The van der Waals surface area contributed by atoms with Crippen LogP contribution in [0.3, 0.4) is 0 Å². The monoisotopic (exact) mass is 607 g/mol. The van der Waals surface area contributed by atoms with Gasteiger partial charge < -0.3 is 4.90 Å². The van der Waals surface area contributed by atoms with Gasteiger partial charge in [0, 0.05) is 33.3 Å². The van der Waals surface area contributed by atoms with E-state index < -0.39 is 0 Å². The molecule has 0 aliphatic heterocycles. The summed E-state index contributed by atoms with van der Waals surface area (Å²) >= 11 is 0. The maximum absolute atomic E-state index is 2.50. The lowest BCUT2D eigenvalue weighted by Crippen LogP contribution is -2.19. The zero-order chi connectivity index (χ0) is 32.5. The zero-order valence-corrected chi connectivity index (χ0v) is 28.5. The Kier molecular flexibility index (Phi) is 5.64. The largest absolute Gasteiger partial charge is 0.310 e. The van der Waals surface area contributed by atoms with Crippen molar-refractivity contribution in [1.29, 1.82) is 0 Å². The third kappa shape index (κ3) is 3.77. The van der Waals surface area contributed by atoms with Crippen molar-refractivity contribution < 1.29 is 0 Å². The fourth-order valence-corrected chi connectivity index (χ4v) is 9.09. The Labute approximate surface area is 279 Å². The van der Waals surface area contributed by atoms with Crippen LogP contribution in [-0.4, -0.2) is 0 Å². The van der Waals surface area contributed by atoms with E-state index in [0.29, 0.717) is 0 Å². The van der Waals surface area contributed by atoms with Crippen LogP contribution < -0.4 is 4.90 Å². The third-order valence-electron chi connectivity index (χ3n) is 11.7. The summed E-state index contributed by atoms with van der Waals surface area (Å²) in [6.45, 7) is 16.5. The van der Waals surface area contributed by atoms with Crippen LogP contribution in [0.1, 0.15) is 80.5 Å². The molecule has 3 aliphatic rings. The molecule has 1 heteroatoms. The van der Waals surface area contributed by atoms with Gasteiger partial charge in [-0.2, -0.15) is 0 Å². The van der Waals surface area contributed by atoms with Crippen LogP contribution in [0.4, 0.5) is 17.1 Å². The molecule has 0 heterocycles. The van der Waals surface area contributed by atoms with E-state index in [9.17, 15) is 0 Å². The van der Waals surface area contributed by atoms with E-state index in [1.54, 1.807) is 0 Å². The van der Waals surface area contributed by atoms with Gasteiger partial charge in [0.25, 0.3) is 0 Å². The van der Waals surface area contributed by atoms with E-state index in [1.165, 1.54) is 89.4 Å². The lowest BCUT2D eigenvalue weighted by Gasteiger charge is -2.31. The molecule has 0 amide bonds. The molecular weight excluding hydrogens is 567 g/mol. The summed E-state index contributed by atoms with van der Waals surface area (Å²) in [7, 11) is 0. The highest BCUT2D eigenvalue weighted by Gasteiger charge is 2.39. The normalized spacial score (nSPS) is 16.5. The Hall–Kier alpha value is -4.88. The first-order valence-electron chi connectivity index (χ1n) is 17.0. The average Bonchev–Trinajstić information content (AvgIpc) is 3.54. The molecule has 6 aromatic carbocycles. The van der Waals surface area contributed by atoms with Crippen LogP contribution in [0.5, 0.6) is 0 Å². The Morgan fingerprint density at radius 1 is 0.340 bits per heavy atom. The van der Waals surface area contributed by atoms with Crippen LogP contribution >= 0.6 is 0 Å². The number of nitrogens with zero attached hydrogens (tertiary/aromatic N) is 1. The number of hydrogen-bond acceptors (Lipinski definition) is 1. The summed E-state index contributed by atoms with van der Waals surface area (Å²) in [4.78, 5) is 2.50. The van der Waals surface area contributed by atoms with Gasteiger partial charge in [-0.3, -0.25) is 0 Å². The van der Waals surface area contributed by atoms with Gasteiger partial charge >= 0.3 is 0 Å². The molecule has 0 radical (unpaired) electrons. The second-order valence-electron chi connectivity index (χ2n) is 15.5. The number of hydrogen-bond donors (Lipinski definition) is 0. The fourth-order valence-electron chi connectivity index (χ4n) is 9.09. The maximum Gasteiger partial charge on any atom is 0.0465 e. The summed E-state index contributed by atoms with van der Waals surface area (Å²) in [5.74, 6) is 0. The highest BCUT2D eigenvalue weighted by Crippen LogP contribution is 2.55. The second-order valence-corrected chi connectivity index (χ2v) is 15.5. The van der Waals surface area contributed by atoms with E-state index in [4.69, 9.17) is 0 Å². The van der Waals surface area contributed by atoms with Crippen LogP contribution in [0.25, 0.3) is 33.4 Å². The molecule has 0 fully saturated rings. The first-order chi connectivity index (χ1) is 22.5. The van der Waals surface area contributed by atoms with Crippen molar-refractivity contribution >= 4 is 17.1 Å². The lowest BCUT2D eigenvalue weighted by molar-refractivity contribution is 0.659. The van der Waals surface area contributed by atoms with Gasteiger partial charge in [-0.25, -0.2) is 0 Å². The number of rotatable bonds is 3. The molecule has 6 aromatic rings. The van der Waals surface area contributed by atoms with Gasteiger partial charge in [0.05, 0.1) is 0 Å². The molecule has 1 nitrogen and oxygen atoms in total. The topological polar surface area (TPSA) is 3.24 Å². The van der Waals surface area contributed by atoms with Crippen LogP contribution in [0.2, 0.25) is 0 Å². The maximum atomic E-state index is 2.50. The van der Waals surface area contributed by atoms with E-state index in [2.05, 4.69) is 175 Å². The molecule has 0 aromatic heterocycles. The van der Waals surface area contributed by atoms with Crippen LogP contribution in [-0.2, 0) is 16.2 Å². The number of anilines is 3. The minimum Gasteiger partial charge on any atom is -0.310 e. The van der Waals surface area contributed by atoms with Crippen molar-refractivity contribution in [3.63, 3.8) is 0 Å². The van der Waals surface area contributed by atoms with E-state index in [0.717, 1.165) is 0 Å². The molecular formula is C46H41N. The van der Waals surface area contributed by atoms with E-state index in [-0.39, 0.29) is 16.2 Å². The Bertz CT molecular complexity index is 2190. The summed E-state index contributed by atoms with van der Waals surface area (Å²) < 4.78 is 0. The molecule has 0 bridgehead atoms. The SMILES string of the molecule is Cc1ccc2c(c1)C(C)(C)c1cc(N(c3ccc4c(c3)C(C)(C)c3ccccc3-4)c3ccc4c(c3)C(C)(C)c3ccccc3-4)ccc1-2. The zero-order valence-electron chi connectivity index (χ0n) is 28.5. The Balaban J connectivity index is 1.26. The molecule has 0 unspecified atom stereocenters. The van der Waals surface area contributed by atoms with Crippen molar-refractivity contribution in [3.8, 4) is 33.4 Å². The minimum absolute atomic E-state index is 0.0748. The first kappa shape index (κ1) is 28.4. The quantitative estimate of drug-likeness (QED) is 0.193. The Morgan fingerprint density at radius 2 is 0.660 bits per heavy atom. The molecule has 3 aliphatic carbocycles. The summed E-state index contributed by atoms with van der Waals surface area (Å²) in [6.07, 6.45) is 0. The van der Waals surface area contributed by atoms with Crippen molar-refractivity contribution in [2.24, 2.45) is 0 Å². The predicted molar refractivity (Wildman–Crippen MR) is 199 cm³/mol. The predicted octanol–water partition coefficient (Wildman–Crippen LogP) is 12.4. The van der Waals surface area contributed by atoms with Crippen molar-refractivity contribution in [1.82, 2.24) is 0 Å². The third-order valence-corrected chi connectivity index (χ3v) is 11.7. The molecule has 0 atom stereocenters. The molecule has 47 heavy (non-hydrogen) atoms. The van der Waals surface area contributed by atoms with E-state index in [1.807, 2.05) is 0 Å². The molecule has 0 spiro atoms. The summed E-state index contributed by atoms with van der Waals surface area (Å²) in [5, 5.41) is 0. The number of fused-ring (bicyclic) bond motifs is 9. The molecule has 230 valence electrons. The Morgan fingerprint density at radius 3 is 1.09 bits per heavy atom. The fraction of sp³-hybridized carbons (Fsp3) is 0.217. The standard InChI is InChI=1S/C46H41N/c1-28-16-20-34-37-23-19-31(27-43(37)46(6,7)40(34)24-28)47(29-17-21-35-32-12-8-10-14-38(32)44(2,3)41(35)25-29)30-18-22-36-33-13-9-11-15-39(33)45(4,5)42(36)26-30/h8-27H,1-7H3. The molecule has 9 rings (SSSR count). The van der Waals surface area contributed by atoms with Crippen molar-refractivity contribution in [2.45, 2.75) is 64.7 Å². The molecule has 0 saturated heterocycles. The smallest absolute Gasteiger partial charge is 0.0465 e. The summed E-state index contributed by atoms with van der Waals surface area (Å²) in [5.41, 5.74) is 21.2. The second kappa shape index (κ2) is 9.35. The van der Waals surface area contributed by atoms with Crippen LogP contribution in [0, 0.1) is 6.92 Å². The van der Waals surface area contributed by atoms with Crippen molar-refractivity contribution in [3.05, 3.63) is 160 Å². The lowest BCUT2D eigenvalue weighted by atomic mass is 9.81. The first-order valence-corrected chi connectivity index (χ1v) is 17.0. The average molecular weight is 608 g/mol. The van der Waals surface area contributed by atoms with Gasteiger partial charge in [-0.1, -0.05) is 132 Å².